The molecule has 22 heavy (non-hydrogen) atoms. The maximum absolute atomic E-state index is 12.3. The molecule has 0 saturated carbocycles. The summed E-state index contributed by atoms with van der Waals surface area (Å²) in [5, 5.41) is 14.7. The minimum atomic E-state index is -0.451. The Bertz CT molecular complexity index is 738. The van der Waals surface area contributed by atoms with Crippen molar-refractivity contribution in [1.82, 2.24) is 10.3 Å². The van der Waals surface area contributed by atoms with E-state index in [1.54, 1.807) is 24.0 Å². The normalized spacial score (nSPS) is 12.0. The molecule has 0 aliphatic carbocycles. The van der Waals surface area contributed by atoms with Crippen LogP contribution in [0.5, 0.6) is 0 Å². The molecule has 0 saturated heterocycles. The Labute approximate surface area is 131 Å². The third-order valence-corrected chi connectivity index (χ3v) is 4.09. The molecule has 1 amide bonds. The Morgan fingerprint density at radius 2 is 2.14 bits per heavy atom. The van der Waals surface area contributed by atoms with Crippen molar-refractivity contribution in [3.05, 3.63) is 65.6 Å². The summed E-state index contributed by atoms with van der Waals surface area (Å²) in [6, 6.07) is 10.7. The number of hydrogen-bond acceptors (Lipinski definition) is 5. The van der Waals surface area contributed by atoms with Gasteiger partial charge in [-0.25, -0.2) is 4.98 Å². The number of aliphatic hydroxyl groups is 1. The van der Waals surface area contributed by atoms with Gasteiger partial charge in [0, 0.05) is 10.9 Å². The molecule has 0 bridgehead atoms. The quantitative estimate of drug-likeness (QED) is 0.759. The molecule has 2 N–H and O–H groups in total. The smallest absolute Gasteiger partial charge is 0.271 e. The highest BCUT2D eigenvalue weighted by Crippen LogP contribution is 2.24. The minimum Gasteiger partial charge on any atom is -0.472 e. The van der Waals surface area contributed by atoms with Crippen molar-refractivity contribution in [2.24, 2.45) is 0 Å². The van der Waals surface area contributed by atoms with Gasteiger partial charge in [0.25, 0.3) is 5.91 Å². The Hall–Kier alpha value is -2.44. The van der Waals surface area contributed by atoms with Crippen molar-refractivity contribution in [2.75, 3.05) is 6.61 Å². The summed E-state index contributed by atoms with van der Waals surface area (Å²) >= 11 is 1.37. The van der Waals surface area contributed by atoms with Crippen LogP contribution in [0.3, 0.4) is 0 Å². The summed E-state index contributed by atoms with van der Waals surface area (Å²) in [6.07, 6.45) is 3.15. The largest absolute Gasteiger partial charge is 0.472 e. The fraction of sp³-hybridized carbons (Fsp3) is 0.125. The third kappa shape index (κ3) is 3.08. The van der Waals surface area contributed by atoms with Crippen molar-refractivity contribution in [3.8, 4) is 10.6 Å². The topological polar surface area (TPSA) is 75.4 Å². The number of aromatic nitrogens is 1. The van der Waals surface area contributed by atoms with Crippen molar-refractivity contribution in [2.45, 2.75) is 6.04 Å². The van der Waals surface area contributed by atoms with E-state index in [4.69, 9.17) is 4.42 Å². The molecule has 0 aliphatic heterocycles. The van der Waals surface area contributed by atoms with E-state index in [2.05, 4.69) is 10.3 Å². The van der Waals surface area contributed by atoms with Gasteiger partial charge in [-0.3, -0.25) is 4.79 Å². The molecule has 3 aromatic rings. The molecule has 5 nitrogen and oxygen atoms in total. The van der Waals surface area contributed by atoms with Crippen LogP contribution in [0.2, 0.25) is 0 Å². The van der Waals surface area contributed by atoms with Crippen LogP contribution in [-0.4, -0.2) is 22.6 Å². The van der Waals surface area contributed by atoms with E-state index < -0.39 is 6.04 Å². The SMILES string of the molecule is O=C(N[C@H](CO)c1ccccc1)c1csc(-c2ccoc2)n1. The predicted molar refractivity (Wildman–Crippen MR) is 83.6 cm³/mol. The zero-order valence-corrected chi connectivity index (χ0v) is 12.4. The van der Waals surface area contributed by atoms with Crippen molar-refractivity contribution in [1.29, 1.82) is 0 Å². The standard InChI is InChI=1S/C16H14N2O3S/c19-8-13(11-4-2-1-3-5-11)17-15(20)14-10-22-16(18-14)12-6-7-21-9-12/h1-7,9-10,13,19H,8H2,(H,17,20)/t13-/m1/s1. The molecule has 0 radical (unpaired) electrons. The number of carbonyl (C=O) groups is 1. The fourth-order valence-electron chi connectivity index (χ4n) is 2.05. The lowest BCUT2D eigenvalue weighted by Gasteiger charge is -2.15. The van der Waals surface area contributed by atoms with Crippen LogP contribution in [-0.2, 0) is 0 Å². The average Bonchev–Trinajstić information content (AvgIpc) is 3.23. The van der Waals surface area contributed by atoms with Gasteiger partial charge in [-0.15, -0.1) is 11.3 Å². The summed E-state index contributed by atoms with van der Waals surface area (Å²) in [6.45, 7) is -0.172. The minimum absolute atomic E-state index is 0.172. The molecule has 0 fully saturated rings. The number of carbonyl (C=O) groups excluding carboxylic acids is 1. The maximum atomic E-state index is 12.3. The van der Waals surface area contributed by atoms with Crippen molar-refractivity contribution < 1.29 is 14.3 Å². The first-order valence-electron chi connectivity index (χ1n) is 6.72. The number of thiazole rings is 1. The summed E-state index contributed by atoms with van der Waals surface area (Å²) in [4.78, 5) is 16.6. The molecule has 0 aliphatic rings. The van der Waals surface area contributed by atoms with Crippen molar-refractivity contribution in [3.63, 3.8) is 0 Å². The van der Waals surface area contributed by atoms with Crippen LogP contribution >= 0.6 is 11.3 Å². The Morgan fingerprint density at radius 1 is 1.32 bits per heavy atom. The van der Waals surface area contributed by atoms with E-state index in [9.17, 15) is 9.90 Å². The number of rotatable bonds is 5. The monoisotopic (exact) mass is 314 g/mol. The first-order chi connectivity index (χ1) is 10.8. The maximum Gasteiger partial charge on any atom is 0.271 e. The molecule has 2 heterocycles. The molecular weight excluding hydrogens is 300 g/mol. The Kier molecular flexibility index (Phi) is 4.32. The van der Waals surface area contributed by atoms with E-state index in [-0.39, 0.29) is 12.5 Å². The number of aliphatic hydroxyl groups excluding tert-OH is 1. The van der Waals surface area contributed by atoms with E-state index in [0.29, 0.717) is 5.69 Å². The molecule has 1 atom stereocenters. The third-order valence-electron chi connectivity index (χ3n) is 3.19. The molecule has 1 aromatic carbocycles. The van der Waals surface area contributed by atoms with Gasteiger partial charge in [0.05, 0.1) is 18.9 Å². The van der Waals surface area contributed by atoms with Gasteiger partial charge in [-0.2, -0.15) is 0 Å². The second kappa shape index (κ2) is 6.55. The van der Waals surface area contributed by atoms with Gasteiger partial charge < -0.3 is 14.8 Å². The Morgan fingerprint density at radius 3 is 2.82 bits per heavy atom. The molecule has 6 heteroatoms. The van der Waals surface area contributed by atoms with Gasteiger partial charge in [-0.1, -0.05) is 30.3 Å². The summed E-state index contributed by atoms with van der Waals surface area (Å²) < 4.78 is 5.01. The lowest BCUT2D eigenvalue weighted by Crippen LogP contribution is -2.30. The highest BCUT2D eigenvalue weighted by atomic mass is 32.1. The molecule has 3 rings (SSSR count). The van der Waals surface area contributed by atoms with Gasteiger partial charge in [0.1, 0.15) is 17.0 Å². The van der Waals surface area contributed by atoms with Crippen LogP contribution in [0.25, 0.3) is 10.6 Å². The Balaban J connectivity index is 1.74. The van der Waals surface area contributed by atoms with Gasteiger partial charge in [0.2, 0.25) is 0 Å². The number of nitrogens with zero attached hydrogens (tertiary/aromatic N) is 1. The first kappa shape index (κ1) is 14.5. The van der Waals surface area contributed by atoms with E-state index >= 15 is 0 Å². The second-order valence-corrected chi connectivity index (χ2v) is 5.53. The number of amides is 1. The summed E-state index contributed by atoms with van der Waals surface area (Å²) in [5.74, 6) is -0.311. The van der Waals surface area contributed by atoms with Gasteiger partial charge >= 0.3 is 0 Å². The highest BCUT2D eigenvalue weighted by Gasteiger charge is 2.17. The lowest BCUT2D eigenvalue weighted by molar-refractivity contribution is 0.0912. The highest BCUT2D eigenvalue weighted by molar-refractivity contribution is 7.13. The number of furan rings is 1. The lowest BCUT2D eigenvalue weighted by atomic mass is 10.1. The summed E-state index contributed by atoms with van der Waals surface area (Å²) in [7, 11) is 0. The number of benzene rings is 1. The molecule has 0 unspecified atom stereocenters. The zero-order chi connectivity index (χ0) is 15.4. The number of nitrogens with one attached hydrogen (secondary N) is 1. The first-order valence-corrected chi connectivity index (χ1v) is 7.60. The van der Waals surface area contributed by atoms with Crippen LogP contribution in [0.4, 0.5) is 0 Å². The molecule has 2 aromatic heterocycles. The van der Waals surface area contributed by atoms with Gasteiger partial charge in [0.15, 0.2) is 0 Å². The fourth-order valence-corrected chi connectivity index (χ4v) is 2.83. The second-order valence-electron chi connectivity index (χ2n) is 4.67. The summed E-state index contributed by atoms with van der Waals surface area (Å²) in [5.41, 5.74) is 2.02. The van der Waals surface area contributed by atoms with Crippen LogP contribution in [0.1, 0.15) is 22.1 Å². The van der Waals surface area contributed by atoms with E-state index in [1.165, 1.54) is 11.3 Å². The average molecular weight is 314 g/mol. The molecule has 112 valence electrons. The predicted octanol–water partition coefficient (Wildman–Crippen LogP) is 2.87. The molecular formula is C16H14N2O3S. The van der Waals surface area contributed by atoms with E-state index in [1.807, 2.05) is 30.3 Å². The van der Waals surface area contributed by atoms with Crippen LogP contribution in [0.15, 0.2) is 58.7 Å². The van der Waals surface area contributed by atoms with Crippen molar-refractivity contribution >= 4 is 17.2 Å². The number of hydrogen-bond donors (Lipinski definition) is 2. The molecule has 0 spiro atoms. The van der Waals surface area contributed by atoms with Crippen LogP contribution in [0, 0.1) is 0 Å². The van der Waals surface area contributed by atoms with Crippen LogP contribution < -0.4 is 5.32 Å². The van der Waals surface area contributed by atoms with Gasteiger partial charge in [-0.05, 0) is 11.6 Å². The van der Waals surface area contributed by atoms with E-state index in [0.717, 1.165) is 16.1 Å². The zero-order valence-electron chi connectivity index (χ0n) is 11.6.